The molecule has 4 rings (SSSR count). The van der Waals surface area contributed by atoms with E-state index in [0.29, 0.717) is 24.7 Å². The lowest BCUT2D eigenvalue weighted by molar-refractivity contribution is -0.117. The molecule has 4 nitrogen and oxygen atoms in total. The minimum atomic E-state index is 0.108. The summed E-state index contributed by atoms with van der Waals surface area (Å²) in [7, 11) is 2.09. The third-order valence-electron chi connectivity index (χ3n) is 5.85. The zero-order chi connectivity index (χ0) is 15.8. The normalized spacial score (nSPS) is 28.9. The second kappa shape index (κ2) is 6.25. The Balaban J connectivity index is 1.33. The van der Waals surface area contributed by atoms with E-state index in [4.69, 9.17) is 0 Å². The molecule has 0 saturated carbocycles. The van der Waals surface area contributed by atoms with Crippen molar-refractivity contribution in [1.82, 2.24) is 10.2 Å². The van der Waals surface area contributed by atoms with Gasteiger partial charge >= 0.3 is 0 Å². The predicted octanol–water partition coefficient (Wildman–Crippen LogP) is 2.33. The molecule has 1 aliphatic carbocycles. The summed E-state index contributed by atoms with van der Waals surface area (Å²) in [4.78, 5) is 14.6. The van der Waals surface area contributed by atoms with Gasteiger partial charge in [-0.3, -0.25) is 9.69 Å². The highest BCUT2D eigenvalue weighted by Gasteiger charge is 2.35. The fraction of sp³-hybridized carbons (Fsp3) is 0.632. The number of likely N-dealkylation sites (N-methyl/N-ethyl adjacent to an activating group) is 1. The molecule has 2 saturated heterocycles. The number of carbonyl (C=O) groups excluding carboxylic acids is 1. The number of hydrogen-bond acceptors (Lipinski definition) is 3. The van der Waals surface area contributed by atoms with Crippen LogP contribution in [0, 0.1) is 0 Å². The number of piperidine rings is 1. The molecule has 124 valence electrons. The average molecular weight is 313 g/mol. The minimum absolute atomic E-state index is 0.108. The first-order valence-corrected chi connectivity index (χ1v) is 9.05. The zero-order valence-electron chi connectivity index (χ0n) is 14.0. The van der Waals surface area contributed by atoms with Gasteiger partial charge in [0.1, 0.15) is 0 Å². The largest absolute Gasteiger partial charge is 0.325 e. The number of amides is 1. The van der Waals surface area contributed by atoms with Gasteiger partial charge in [0.05, 0.1) is 6.54 Å². The molecular formula is C19H27N3O. The first-order chi connectivity index (χ1) is 11.2. The summed E-state index contributed by atoms with van der Waals surface area (Å²) in [5, 5.41) is 6.75. The average Bonchev–Trinajstić information content (AvgIpc) is 3.12. The predicted molar refractivity (Wildman–Crippen MR) is 92.7 cm³/mol. The third kappa shape index (κ3) is 3.29. The Labute approximate surface area is 138 Å². The van der Waals surface area contributed by atoms with Gasteiger partial charge in [0, 0.05) is 23.8 Å². The Hall–Kier alpha value is -1.39. The zero-order valence-corrected chi connectivity index (χ0v) is 14.0. The maximum absolute atomic E-state index is 12.4. The van der Waals surface area contributed by atoms with Gasteiger partial charge in [-0.15, -0.1) is 0 Å². The van der Waals surface area contributed by atoms with Crippen LogP contribution in [0.5, 0.6) is 0 Å². The second-order valence-electron chi connectivity index (χ2n) is 7.56. The Morgan fingerprint density at radius 2 is 1.96 bits per heavy atom. The molecule has 0 radical (unpaired) electrons. The topological polar surface area (TPSA) is 44.4 Å². The van der Waals surface area contributed by atoms with E-state index in [-0.39, 0.29) is 5.91 Å². The van der Waals surface area contributed by atoms with Gasteiger partial charge in [-0.25, -0.2) is 0 Å². The van der Waals surface area contributed by atoms with Crippen molar-refractivity contribution in [2.75, 3.05) is 18.9 Å². The van der Waals surface area contributed by atoms with E-state index < -0.39 is 0 Å². The third-order valence-corrected chi connectivity index (χ3v) is 5.85. The highest BCUT2D eigenvalue weighted by atomic mass is 16.2. The number of anilines is 1. The van der Waals surface area contributed by atoms with E-state index in [9.17, 15) is 4.79 Å². The maximum Gasteiger partial charge on any atom is 0.238 e. The van der Waals surface area contributed by atoms with Crippen molar-refractivity contribution in [2.24, 2.45) is 0 Å². The summed E-state index contributed by atoms with van der Waals surface area (Å²) in [6, 6.07) is 8.26. The first-order valence-electron chi connectivity index (χ1n) is 9.05. The molecule has 1 aromatic rings. The van der Waals surface area contributed by atoms with E-state index in [1.54, 1.807) is 0 Å². The monoisotopic (exact) mass is 313 g/mol. The molecule has 2 bridgehead atoms. The van der Waals surface area contributed by atoms with Crippen molar-refractivity contribution in [3.63, 3.8) is 0 Å². The summed E-state index contributed by atoms with van der Waals surface area (Å²) in [6.45, 7) is 0.487. The molecule has 2 aliphatic heterocycles. The van der Waals surface area contributed by atoms with Crippen molar-refractivity contribution >= 4 is 11.6 Å². The fourth-order valence-electron chi connectivity index (χ4n) is 4.59. The molecule has 1 amide bonds. The number of hydrogen-bond donors (Lipinski definition) is 2. The summed E-state index contributed by atoms with van der Waals surface area (Å²) >= 11 is 0. The number of nitrogens with zero attached hydrogens (tertiary/aromatic N) is 1. The molecule has 2 heterocycles. The van der Waals surface area contributed by atoms with E-state index in [0.717, 1.165) is 12.1 Å². The number of nitrogens with one attached hydrogen (secondary N) is 2. The molecular weight excluding hydrogens is 286 g/mol. The number of fused-ring (bicyclic) bond motifs is 3. The standard InChI is InChI=1S/C19H27N3O/c1-22(18-10-16-7-8-17(11-18)20-16)12-19(23)21-15-6-5-13-3-2-4-14(13)9-15/h5-6,9,16-18,20H,2-4,7-8,10-12H2,1H3,(H,21,23). The van der Waals surface area contributed by atoms with E-state index >= 15 is 0 Å². The summed E-state index contributed by atoms with van der Waals surface area (Å²) < 4.78 is 0. The van der Waals surface area contributed by atoms with Crippen molar-refractivity contribution in [2.45, 2.75) is 63.1 Å². The summed E-state index contributed by atoms with van der Waals surface area (Å²) in [5.41, 5.74) is 3.81. The van der Waals surface area contributed by atoms with E-state index in [2.05, 4.69) is 34.7 Å². The van der Waals surface area contributed by atoms with Crippen molar-refractivity contribution < 1.29 is 4.79 Å². The highest BCUT2D eigenvalue weighted by Crippen LogP contribution is 2.29. The van der Waals surface area contributed by atoms with Crippen molar-refractivity contribution in [3.05, 3.63) is 29.3 Å². The Bertz CT molecular complexity index is 588. The minimum Gasteiger partial charge on any atom is -0.325 e. The Morgan fingerprint density at radius 3 is 2.74 bits per heavy atom. The molecule has 2 unspecified atom stereocenters. The number of carbonyl (C=O) groups is 1. The van der Waals surface area contributed by atoms with E-state index in [1.165, 1.54) is 49.7 Å². The van der Waals surface area contributed by atoms with Crippen LogP contribution in [0.2, 0.25) is 0 Å². The number of benzene rings is 1. The highest BCUT2D eigenvalue weighted by molar-refractivity contribution is 5.92. The van der Waals surface area contributed by atoms with Crippen LogP contribution in [-0.2, 0) is 17.6 Å². The smallest absolute Gasteiger partial charge is 0.238 e. The molecule has 1 aromatic carbocycles. The van der Waals surface area contributed by atoms with Gasteiger partial charge in [-0.2, -0.15) is 0 Å². The molecule has 2 atom stereocenters. The Morgan fingerprint density at radius 1 is 1.22 bits per heavy atom. The molecule has 0 aromatic heterocycles. The van der Waals surface area contributed by atoms with Gasteiger partial charge in [0.15, 0.2) is 0 Å². The number of rotatable bonds is 4. The van der Waals surface area contributed by atoms with Gasteiger partial charge in [-0.05, 0) is 75.3 Å². The molecule has 4 heteroatoms. The quantitative estimate of drug-likeness (QED) is 0.897. The van der Waals surface area contributed by atoms with Crippen LogP contribution in [0.25, 0.3) is 0 Å². The molecule has 23 heavy (non-hydrogen) atoms. The van der Waals surface area contributed by atoms with Gasteiger partial charge in [0.25, 0.3) is 0 Å². The van der Waals surface area contributed by atoms with Gasteiger partial charge in [-0.1, -0.05) is 6.07 Å². The fourth-order valence-corrected chi connectivity index (χ4v) is 4.59. The second-order valence-corrected chi connectivity index (χ2v) is 7.56. The molecule has 2 N–H and O–H groups in total. The van der Waals surface area contributed by atoms with Crippen LogP contribution in [0.4, 0.5) is 5.69 Å². The van der Waals surface area contributed by atoms with Crippen LogP contribution in [0.1, 0.15) is 43.2 Å². The van der Waals surface area contributed by atoms with Gasteiger partial charge in [0.2, 0.25) is 5.91 Å². The van der Waals surface area contributed by atoms with Crippen molar-refractivity contribution in [3.8, 4) is 0 Å². The van der Waals surface area contributed by atoms with Crippen LogP contribution < -0.4 is 10.6 Å². The number of aryl methyl sites for hydroxylation is 2. The lowest BCUT2D eigenvalue weighted by Gasteiger charge is -2.35. The van der Waals surface area contributed by atoms with Crippen LogP contribution in [0.3, 0.4) is 0 Å². The lowest BCUT2D eigenvalue weighted by Crippen LogP contribution is -2.48. The summed E-state index contributed by atoms with van der Waals surface area (Å²) in [6.07, 6.45) is 8.54. The maximum atomic E-state index is 12.4. The summed E-state index contributed by atoms with van der Waals surface area (Å²) in [5.74, 6) is 0.108. The van der Waals surface area contributed by atoms with Crippen LogP contribution in [-0.4, -0.2) is 42.5 Å². The molecule has 2 fully saturated rings. The SMILES string of the molecule is CN(CC(=O)Nc1ccc2c(c1)CCC2)C1CC2CCC(C1)N2. The van der Waals surface area contributed by atoms with Crippen LogP contribution >= 0.6 is 0 Å². The van der Waals surface area contributed by atoms with Gasteiger partial charge < -0.3 is 10.6 Å². The Kier molecular flexibility index (Phi) is 4.12. The first kappa shape index (κ1) is 15.2. The van der Waals surface area contributed by atoms with Crippen LogP contribution in [0.15, 0.2) is 18.2 Å². The lowest BCUT2D eigenvalue weighted by atomic mass is 9.98. The molecule has 0 spiro atoms. The molecule has 3 aliphatic rings. The van der Waals surface area contributed by atoms with E-state index in [1.807, 2.05) is 6.07 Å². The van der Waals surface area contributed by atoms with Crippen molar-refractivity contribution in [1.29, 1.82) is 0 Å².